The molecule has 2 aromatic rings. The highest BCUT2D eigenvalue weighted by molar-refractivity contribution is 5.95. The van der Waals surface area contributed by atoms with Crippen molar-refractivity contribution in [3.63, 3.8) is 0 Å². The van der Waals surface area contributed by atoms with Crippen molar-refractivity contribution in [3.05, 3.63) is 59.9 Å². The van der Waals surface area contributed by atoms with E-state index in [0.717, 1.165) is 11.4 Å². The molecule has 0 spiro atoms. The molecule has 122 valence electrons. The van der Waals surface area contributed by atoms with Crippen LogP contribution >= 0.6 is 0 Å². The third kappa shape index (κ3) is 5.07. The van der Waals surface area contributed by atoms with Crippen LogP contribution in [0.3, 0.4) is 0 Å². The number of aliphatic hydroxyl groups is 1. The zero-order valence-corrected chi connectivity index (χ0v) is 13.6. The number of nitrogens with one attached hydrogen (secondary N) is 1. The summed E-state index contributed by atoms with van der Waals surface area (Å²) in [4.78, 5) is 18.5. The van der Waals surface area contributed by atoms with E-state index in [9.17, 15) is 9.90 Å². The molecule has 0 fully saturated rings. The number of amides is 1. The monoisotopic (exact) mass is 313 g/mol. The standard InChI is InChI=1S/C18H23N3O2/c1-21(2)17-8-5-6-15(11-17)18(23)20-12-14(13-22)10-16-7-3-4-9-19-16/h3-9,11,14,22H,10,12-13H2,1-2H3,(H,20,23). The van der Waals surface area contributed by atoms with Crippen molar-refractivity contribution in [2.24, 2.45) is 5.92 Å². The molecule has 0 aliphatic carbocycles. The number of nitrogens with zero attached hydrogens (tertiary/aromatic N) is 2. The topological polar surface area (TPSA) is 65.5 Å². The fourth-order valence-electron chi connectivity index (χ4n) is 2.28. The van der Waals surface area contributed by atoms with Crippen molar-refractivity contribution in [1.29, 1.82) is 0 Å². The smallest absolute Gasteiger partial charge is 0.251 e. The van der Waals surface area contributed by atoms with Crippen molar-refractivity contribution >= 4 is 11.6 Å². The van der Waals surface area contributed by atoms with Crippen LogP contribution in [-0.4, -0.2) is 43.2 Å². The highest BCUT2D eigenvalue weighted by Crippen LogP contribution is 2.13. The molecule has 1 unspecified atom stereocenters. The van der Waals surface area contributed by atoms with E-state index in [1.807, 2.05) is 55.4 Å². The minimum atomic E-state index is -0.131. The molecule has 0 saturated carbocycles. The number of hydrogen-bond acceptors (Lipinski definition) is 4. The molecule has 23 heavy (non-hydrogen) atoms. The van der Waals surface area contributed by atoms with Crippen LogP contribution in [0.1, 0.15) is 16.1 Å². The molecule has 2 rings (SSSR count). The van der Waals surface area contributed by atoms with Gasteiger partial charge >= 0.3 is 0 Å². The predicted molar refractivity (Wildman–Crippen MR) is 91.6 cm³/mol. The fraction of sp³-hybridized carbons (Fsp3) is 0.333. The maximum Gasteiger partial charge on any atom is 0.251 e. The zero-order chi connectivity index (χ0) is 16.7. The first-order chi connectivity index (χ1) is 11.1. The Morgan fingerprint density at radius 3 is 2.74 bits per heavy atom. The number of carbonyl (C=O) groups excluding carboxylic acids is 1. The first-order valence-corrected chi connectivity index (χ1v) is 7.66. The highest BCUT2D eigenvalue weighted by Gasteiger charge is 2.13. The molecule has 0 aliphatic rings. The number of pyridine rings is 1. The van der Waals surface area contributed by atoms with Crippen LogP contribution in [0.25, 0.3) is 0 Å². The largest absolute Gasteiger partial charge is 0.396 e. The molecule has 2 N–H and O–H groups in total. The number of aliphatic hydroxyl groups excluding tert-OH is 1. The summed E-state index contributed by atoms with van der Waals surface area (Å²) in [5.74, 6) is -0.181. The van der Waals surface area contributed by atoms with Crippen molar-refractivity contribution in [2.45, 2.75) is 6.42 Å². The van der Waals surface area contributed by atoms with Gasteiger partial charge in [0, 0.05) is 56.3 Å². The maximum absolute atomic E-state index is 12.3. The van der Waals surface area contributed by atoms with E-state index in [-0.39, 0.29) is 18.4 Å². The highest BCUT2D eigenvalue weighted by atomic mass is 16.3. The Morgan fingerprint density at radius 1 is 1.26 bits per heavy atom. The molecule has 0 aliphatic heterocycles. The van der Waals surface area contributed by atoms with E-state index in [2.05, 4.69) is 10.3 Å². The van der Waals surface area contributed by atoms with Gasteiger partial charge in [0.2, 0.25) is 0 Å². The molecule has 0 saturated heterocycles. The Kier molecular flexibility index (Phi) is 6.11. The SMILES string of the molecule is CN(C)c1cccc(C(=O)NCC(CO)Cc2ccccn2)c1. The quantitative estimate of drug-likeness (QED) is 0.817. The van der Waals surface area contributed by atoms with Gasteiger partial charge in [0.1, 0.15) is 0 Å². The minimum absolute atomic E-state index is 0.00852. The van der Waals surface area contributed by atoms with Crippen LogP contribution in [0.2, 0.25) is 0 Å². The van der Waals surface area contributed by atoms with Crippen molar-refractivity contribution in [1.82, 2.24) is 10.3 Å². The number of benzene rings is 1. The molecule has 1 heterocycles. The van der Waals surface area contributed by atoms with Crippen LogP contribution in [-0.2, 0) is 6.42 Å². The van der Waals surface area contributed by atoms with Crippen LogP contribution in [0.15, 0.2) is 48.7 Å². The van der Waals surface area contributed by atoms with Gasteiger partial charge in [0.15, 0.2) is 0 Å². The molecule has 1 aromatic carbocycles. The van der Waals surface area contributed by atoms with Crippen molar-refractivity contribution < 1.29 is 9.90 Å². The summed E-state index contributed by atoms with van der Waals surface area (Å²) in [6, 6.07) is 13.2. The lowest BCUT2D eigenvalue weighted by molar-refractivity contribution is 0.0940. The van der Waals surface area contributed by atoms with Gasteiger partial charge in [-0.15, -0.1) is 0 Å². The fourth-order valence-corrected chi connectivity index (χ4v) is 2.28. The van der Waals surface area contributed by atoms with E-state index < -0.39 is 0 Å². The molecule has 0 bridgehead atoms. The lowest BCUT2D eigenvalue weighted by atomic mass is 10.0. The lowest BCUT2D eigenvalue weighted by Gasteiger charge is -2.16. The molecule has 1 amide bonds. The summed E-state index contributed by atoms with van der Waals surface area (Å²) in [5.41, 5.74) is 2.51. The summed E-state index contributed by atoms with van der Waals surface area (Å²) in [7, 11) is 3.87. The Bertz CT molecular complexity index is 629. The minimum Gasteiger partial charge on any atom is -0.396 e. The predicted octanol–water partition coefficient (Wildman–Crippen LogP) is 1.73. The van der Waals surface area contributed by atoms with Gasteiger partial charge in [0.05, 0.1) is 0 Å². The summed E-state index contributed by atoms with van der Waals surface area (Å²) in [5, 5.41) is 12.4. The maximum atomic E-state index is 12.3. The summed E-state index contributed by atoms with van der Waals surface area (Å²) < 4.78 is 0. The van der Waals surface area contributed by atoms with Gasteiger partial charge in [-0.2, -0.15) is 0 Å². The average molecular weight is 313 g/mol. The molecule has 1 atom stereocenters. The Labute approximate surface area is 137 Å². The van der Waals surface area contributed by atoms with Gasteiger partial charge < -0.3 is 15.3 Å². The zero-order valence-electron chi connectivity index (χ0n) is 13.6. The summed E-state index contributed by atoms with van der Waals surface area (Å²) in [6.07, 6.45) is 2.37. The van der Waals surface area contributed by atoms with E-state index in [1.165, 1.54) is 0 Å². The van der Waals surface area contributed by atoms with Crippen LogP contribution in [0.5, 0.6) is 0 Å². The number of rotatable bonds is 7. The molecule has 0 radical (unpaired) electrons. The van der Waals surface area contributed by atoms with Gasteiger partial charge in [-0.05, 0) is 36.8 Å². The van der Waals surface area contributed by atoms with E-state index in [0.29, 0.717) is 18.5 Å². The van der Waals surface area contributed by atoms with E-state index in [4.69, 9.17) is 0 Å². The van der Waals surface area contributed by atoms with E-state index in [1.54, 1.807) is 12.3 Å². The molecular formula is C18H23N3O2. The Balaban J connectivity index is 1.93. The molecule has 5 nitrogen and oxygen atoms in total. The third-order valence-electron chi connectivity index (χ3n) is 3.66. The molecular weight excluding hydrogens is 290 g/mol. The lowest BCUT2D eigenvalue weighted by Crippen LogP contribution is -2.32. The Morgan fingerprint density at radius 2 is 2.09 bits per heavy atom. The summed E-state index contributed by atoms with van der Waals surface area (Å²) in [6.45, 7) is 0.423. The van der Waals surface area contributed by atoms with Crippen LogP contribution < -0.4 is 10.2 Å². The van der Waals surface area contributed by atoms with Crippen LogP contribution in [0, 0.1) is 5.92 Å². The second-order valence-electron chi connectivity index (χ2n) is 5.73. The first kappa shape index (κ1) is 17.0. The van der Waals surface area contributed by atoms with Gasteiger partial charge in [-0.25, -0.2) is 0 Å². The average Bonchev–Trinajstić information content (AvgIpc) is 2.59. The second-order valence-corrected chi connectivity index (χ2v) is 5.73. The molecule has 5 heteroatoms. The number of carbonyl (C=O) groups is 1. The Hall–Kier alpha value is -2.40. The van der Waals surface area contributed by atoms with Crippen molar-refractivity contribution in [2.75, 3.05) is 32.1 Å². The van der Waals surface area contributed by atoms with E-state index >= 15 is 0 Å². The first-order valence-electron chi connectivity index (χ1n) is 7.66. The third-order valence-corrected chi connectivity index (χ3v) is 3.66. The van der Waals surface area contributed by atoms with Gasteiger partial charge in [0.25, 0.3) is 5.91 Å². The van der Waals surface area contributed by atoms with Gasteiger partial charge in [-0.1, -0.05) is 12.1 Å². The van der Waals surface area contributed by atoms with Gasteiger partial charge in [-0.3, -0.25) is 9.78 Å². The molecule has 1 aromatic heterocycles. The second kappa shape index (κ2) is 8.29. The number of anilines is 1. The number of aromatic nitrogens is 1. The normalized spacial score (nSPS) is 11.8. The van der Waals surface area contributed by atoms with Crippen molar-refractivity contribution in [3.8, 4) is 0 Å². The van der Waals surface area contributed by atoms with Crippen LogP contribution in [0.4, 0.5) is 5.69 Å². The summed E-state index contributed by atoms with van der Waals surface area (Å²) >= 11 is 0. The number of hydrogen-bond donors (Lipinski definition) is 2.